The average Bonchev–Trinajstić information content (AvgIpc) is 3.81. The maximum atomic E-state index is 9.79. The van der Waals surface area contributed by atoms with Crippen LogP contribution in [0.2, 0.25) is 0 Å². The second-order valence-electron chi connectivity index (χ2n) is 12.0. The Bertz CT molecular complexity index is 2920. The summed E-state index contributed by atoms with van der Waals surface area (Å²) in [6.07, 6.45) is 0. The number of nitriles is 1. The second kappa shape index (κ2) is 9.71. The first-order valence-electron chi connectivity index (χ1n) is 15.7. The minimum absolute atomic E-state index is 0.621. The van der Waals surface area contributed by atoms with Crippen LogP contribution < -0.4 is 0 Å². The van der Waals surface area contributed by atoms with Crippen LogP contribution in [0.5, 0.6) is 0 Å². The zero-order valence-electron chi connectivity index (χ0n) is 25.1. The molecule has 3 aromatic heterocycles. The van der Waals surface area contributed by atoms with E-state index in [0.29, 0.717) is 5.56 Å². The SMILES string of the molecule is N#Cc1ccc2c3ccccc3n(-c3cccc4c3oc3c(-c5ccccc5)cc(-c5cccc6oc7ccccc7c56)cc34)c2c1. The number of fused-ring (bicyclic) bond motifs is 9. The van der Waals surface area contributed by atoms with Crippen molar-refractivity contribution in [1.29, 1.82) is 5.26 Å². The standard InChI is InChI=1S/C43H24N2O2/c44-25-26-20-21-31-30-12-4-6-16-36(30)45(38(31)22-26)37-17-8-15-32-35-24-28(23-34(42(35)47-43(32)37)27-10-2-1-3-11-27)29-14-9-19-40-41(29)33-13-5-7-18-39(33)46-40/h1-24H. The van der Waals surface area contributed by atoms with Crippen LogP contribution in [0, 0.1) is 11.3 Å². The van der Waals surface area contributed by atoms with Crippen LogP contribution >= 0.6 is 0 Å². The first kappa shape index (κ1) is 25.7. The van der Waals surface area contributed by atoms with Crippen molar-refractivity contribution in [2.24, 2.45) is 0 Å². The highest BCUT2D eigenvalue weighted by molar-refractivity contribution is 6.18. The van der Waals surface area contributed by atoms with Gasteiger partial charge >= 0.3 is 0 Å². The number of furan rings is 2. The summed E-state index contributed by atoms with van der Waals surface area (Å²) < 4.78 is 15.5. The van der Waals surface area contributed by atoms with E-state index in [9.17, 15) is 5.26 Å². The van der Waals surface area contributed by atoms with Crippen molar-refractivity contribution in [3.63, 3.8) is 0 Å². The zero-order valence-corrected chi connectivity index (χ0v) is 25.1. The van der Waals surface area contributed by atoms with Crippen molar-refractivity contribution >= 4 is 65.7 Å². The Hall–Kier alpha value is -6.57. The van der Waals surface area contributed by atoms with Crippen molar-refractivity contribution < 1.29 is 8.83 Å². The molecular formula is C43H24N2O2. The highest BCUT2D eigenvalue weighted by atomic mass is 16.3. The fourth-order valence-corrected chi connectivity index (χ4v) is 7.36. The normalized spacial score (nSPS) is 11.8. The van der Waals surface area contributed by atoms with E-state index in [-0.39, 0.29) is 0 Å². The first-order chi connectivity index (χ1) is 23.3. The van der Waals surface area contributed by atoms with E-state index in [2.05, 4.69) is 114 Å². The van der Waals surface area contributed by atoms with Crippen molar-refractivity contribution in [3.05, 3.63) is 151 Å². The molecule has 0 aliphatic rings. The number of rotatable bonds is 3. The van der Waals surface area contributed by atoms with Crippen LogP contribution in [0.1, 0.15) is 5.56 Å². The van der Waals surface area contributed by atoms with E-state index in [4.69, 9.17) is 8.83 Å². The minimum Gasteiger partial charge on any atom is -0.456 e. The van der Waals surface area contributed by atoms with Gasteiger partial charge in [0, 0.05) is 37.9 Å². The van der Waals surface area contributed by atoms with Gasteiger partial charge in [0.15, 0.2) is 5.58 Å². The summed E-state index contributed by atoms with van der Waals surface area (Å²) in [7, 11) is 0. The predicted molar refractivity (Wildman–Crippen MR) is 191 cm³/mol. The van der Waals surface area contributed by atoms with Gasteiger partial charge in [-0.05, 0) is 65.2 Å². The third-order valence-corrected chi connectivity index (χ3v) is 9.42. The molecule has 4 nitrogen and oxygen atoms in total. The minimum atomic E-state index is 0.621. The summed E-state index contributed by atoms with van der Waals surface area (Å²) in [6.45, 7) is 0. The quantitative estimate of drug-likeness (QED) is 0.203. The first-order valence-corrected chi connectivity index (χ1v) is 15.7. The molecule has 0 amide bonds. The molecule has 10 rings (SSSR count). The highest BCUT2D eigenvalue weighted by Gasteiger charge is 2.21. The van der Waals surface area contributed by atoms with Gasteiger partial charge in [-0.3, -0.25) is 0 Å². The molecule has 10 aromatic rings. The van der Waals surface area contributed by atoms with Crippen LogP contribution in [-0.4, -0.2) is 4.57 Å². The Labute approximate surface area is 268 Å². The van der Waals surface area contributed by atoms with Crippen LogP contribution in [0.15, 0.2) is 154 Å². The molecule has 218 valence electrons. The molecule has 0 spiro atoms. The fourth-order valence-electron chi connectivity index (χ4n) is 7.36. The van der Waals surface area contributed by atoms with Crippen LogP contribution in [-0.2, 0) is 0 Å². The monoisotopic (exact) mass is 600 g/mol. The maximum Gasteiger partial charge on any atom is 0.159 e. The third kappa shape index (κ3) is 3.69. The van der Waals surface area contributed by atoms with Gasteiger partial charge in [-0.2, -0.15) is 5.26 Å². The summed E-state index contributed by atoms with van der Waals surface area (Å²) in [4.78, 5) is 0. The summed E-state index contributed by atoms with van der Waals surface area (Å²) >= 11 is 0. The molecule has 3 heterocycles. The van der Waals surface area contributed by atoms with Gasteiger partial charge in [0.2, 0.25) is 0 Å². The van der Waals surface area contributed by atoms with Gasteiger partial charge in [-0.1, -0.05) is 97.1 Å². The van der Waals surface area contributed by atoms with E-state index in [1.807, 2.05) is 42.5 Å². The second-order valence-corrected chi connectivity index (χ2v) is 12.0. The summed E-state index contributed by atoms with van der Waals surface area (Å²) in [5.74, 6) is 0. The van der Waals surface area contributed by atoms with Crippen molar-refractivity contribution in [2.45, 2.75) is 0 Å². The number of benzene rings is 7. The molecule has 4 heteroatoms. The number of aromatic nitrogens is 1. The van der Waals surface area contributed by atoms with E-state index >= 15 is 0 Å². The highest BCUT2D eigenvalue weighted by Crippen LogP contribution is 2.45. The Morgan fingerprint density at radius 3 is 2.11 bits per heavy atom. The van der Waals surface area contributed by atoms with Gasteiger partial charge < -0.3 is 13.4 Å². The third-order valence-electron chi connectivity index (χ3n) is 9.42. The molecule has 0 saturated heterocycles. The predicted octanol–water partition coefficient (Wildman–Crippen LogP) is 11.8. The lowest BCUT2D eigenvalue weighted by Crippen LogP contribution is -1.94. The van der Waals surface area contributed by atoms with Crippen LogP contribution in [0.25, 0.3) is 93.6 Å². The Morgan fingerprint density at radius 1 is 0.468 bits per heavy atom. The Balaban J connectivity index is 1.32. The molecule has 47 heavy (non-hydrogen) atoms. The lowest BCUT2D eigenvalue weighted by molar-refractivity contribution is 0.667. The molecule has 0 atom stereocenters. The smallest absolute Gasteiger partial charge is 0.159 e. The van der Waals surface area contributed by atoms with Gasteiger partial charge in [0.25, 0.3) is 0 Å². The molecule has 0 bridgehead atoms. The number of nitrogens with zero attached hydrogens (tertiary/aromatic N) is 2. The lowest BCUT2D eigenvalue weighted by Gasteiger charge is -2.09. The molecule has 0 fully saturated rings. The van der Waals surface area contributed by atoms with Gasteiger partial charge in [0.05, 0.1) is 28.4 Å². The Morgan fingerprint density at radius 2 is 1.21 bits per heavy atom. The van der Waals surface area contributed by atoms with E-state index in [1.165, 1.54) is 0 Å². The molecular weight excluding hydrogens is 576 g/mol. The largest absolute Gasteiger partial charge is 0.456 e. The van der Waals surface area contributed by atoms with Gasteiger partial charge in [-0.15, -0.1) is 0 Å². The lowest BCUT2D eigenvalue weighted by atomic mass is 9.93. The number of para-hydroxylation sites is 3. The molecule has 0 radical (unpaired) electrons. The molecule has 0 aliphatic heterocycles. The fraction of sp³-hybridized carbons (Fsp3) is 0. The summed E-state index contributed by atoms with van der Waals surface area (Å²) in [5.41, 5.74) is 11.3. The summed E-state index contributed by atoms with van der Waals surface area (Å²) in [6, 6.07) is 52.4. The number of hydrogen-bond donors (Lipinski definition) is 0. The average molecular weight is 601 g/mol. The van der Waals surface area contributed by atoms with Gasteiger partial charge in [0.1, 0.15) is 16.7 Å². The van der Waals surface area contributed by atoms with Crippen molar-refractivity contribution in [2.75, 3.05) is 0 Å². The molecule has 7 aromatic carbocycles. The maximum absolute atomic E-state index is 9.79. The van der Waals surface area contributed by atoms with Crippen molar-refractivity contribution in [3.8, 4) is 34.0 Å². The van der Waals surface area contributed by atoms with Crippen LogP contribution in [0.4, 0.5) is 0 Å². The van der Waals surface area contributed by atoms with Gasteiger partial charge in [-0.25, -0.2) is 0 Å². The zero-order chi connectivity index (χ0) is 31.1. The van der Waals surface area contributed by atoms with Crippen LogP contribution in [0.3, 0.4) is 0 Å². The van der Waals surface area contributed by atoms with E-state index in [1.54, 1.807) is 0 Å². The molecule has 0 aliphatic carbocycles. The Kier molecular flexibility index (Phi) is 5.32. The molecule has 0 unspecified atom stereocenters. The van der Waals surface area contributed by atoms with E-state index in [0.717, 1.165) is 93.6 Å². The number of hydrogen-bond acceptors (Lipinski definition) is 3. The summed E-state index contributed by atoms with van der Waals surface area (Å²) in [5, 5.41) is 16.3. The van der Waals surface area contributed by atoms with Crippen molar-refractivity contribution in [1.82, 2.24) is 4.57 Å². The molecule has 0 N–H and O–H groups in total. The molecule has 0 saturated carbocycles. The van der Waals surface area contributed by atoms with E-state index < -0.39 is 0 Å². The topological polar surface area (TPSA) is 55.0 Å².